The van der Waals surface area contributed by atoms with Crippen LogP contribution in [-0.4, -0.2) is 45.1 Å². The molecule has 156 valence electrons. The van der Waals surface area contributed by atoms with Crippen molar-refractivity contribution < 1.29 is 13.2 Å². The molecule has 5 nitrogen and oxygen atoms in total. The highest BCUT2D eigenvalue weighted by Crippen LogP contribution is 2.31. The Balaban J connectivity index is 1.77. The van der Waals surface area contributed by atoms with Crippen LogP contribution in [0.3, 0.4) is 0 Å². The van der Waals surface area contributed by atoms with E-state index in [2.05, 4.69) is 61.1 Å². The van der Waals surface area contributed by atoms with Crippen molar-refractivity contribution in [3.63, 3.8) is 0 Å². The molecule has 0 aliphatic heterocycles. The molecule has 3 aromatic rings. The lowest BCUT2D eigenvalue weighted by Gasteiger charge is -2.19. The minimum absolute atomic E-state index is 0.000853. The van der Waals surface area contributed by atoms with Crippen LogP contribution in [0, 0.1) is 0 Å². The monoisotopic (exact) mass is 414 g/mol. The van der Waals surface area contributed by atoms with E-state index in [1.54, 1.807) is 12.1 Å². The van der Waals surface area contributed by atoms with Gasteiger partial charge in [-0.1, -0.05) is 30.3 Å². The van der Waals surface area contributed by atoms with Crippen LogP contribution in [0.2, 0.25) is 0 Å². The smallest absolute Gasteiger partial charge is 0.168 e. The molecule has 0 N–H and O–H groups in total. The van der Waals surface area contributed by atoms with Crippen molar-refractivity contribution in [1.82, 2.24) is 9.47 Å². The summed E-state index contributed by atoms with van der Waals surface area (Å²) >= 11 is 0. The molecule has 0 amide bonds. The second-order valence-corrected chi connectivity index (χ2v) is 8.72. The fourth-order valence-electron chi connectivity index (χ4n) is 3.65. The van der Waals surface area contributed by atoms with Crippen molar-refractivity contribution >= 4 is 21.6 Å². The third-order valence-electron chi connectivity index (χ3n) is 5.19. The first kappa shape index (κ1) is 21.6. The second-order valence-electron chi connectivity index (χ2n) is 7.69. The van der Waals surface area contributed by atoms with Gasteiger partial charge < -0.3 is 14.2 Å². The highest BCUT2D eigenvalue weighted by molar-refractivity contribution is 7.72. The van der Waals surface area contributed by atoms with Gasteiger partial charge in [0, 0.05) is 36.3 Å². The van der Waals surface area contributed by atoms with E-state index >= 15 is 0 Å². The summed E-state index contributed by atoms with van der Waals surface area (Å²) in [5.74, 6) is 0. The molecule has 0 radical (unpaired) electrons. The molecule has 0 fully saturated rings. The van der Waals surface area contributed by atoms with Gasteiger partial charge in [0.25, 0.3) is 0 Å². The lowest BCUT2D eigenvalue weighted by Crippen LogP contribution is -2.16. The zero-order chi connectivity index (χ0) is 20.8. The number of ether oxygens (including phenoxy) is 1. The van der Waals surface area contributed by atoms with Crippen LogP contribution >= 0.6 is 0 Å². The maximum atomic E-state index is 11.1. The van der Waals surface area contributed by atoms with Crippen LogP contribution in [0.4, 0.5) is 0 Å². The van der Waals surface area contributed by atoms with E-state index in [1.807, 2.05) is 12.1 Å². The van der Waals surface area contributed by atoms with Gasteiger partial charge in [-0.2, -0.15) is 0 Å². The molecule has 0 spiro atoms. The number of hydrogen-bond donors (Lipinski definition) is 1. The zero-order valence-electron chi connectivity index (χ0n) is 17.4. The van der Waals surface area contributed by atoms with Gasteiger partial charge in [0.05, 0.1) is 11.0 Å². The molecule has 0 bridgehead atoms. The minimum Gasteiger partial charge on any atom is -0.373 e. The predicted octanol–water partition coefficient (Wildman–Crippen LogP) is 3.79. The molecule has 1 atom stereocenters. The predicted molar refractivity (Wildman–Crippen MR) is 118 cm³/mol. The highest BCUT2D eigenvalue weighted by atomic mass is 32.2. The summed E-state index contributed by atoms with van der Waals surface area (Å²) < 4.78 is 30.7. The maximum Gasteiger partial charge on any atom is 0.168 e. The topological polar surface area (TPSA) is 51.5 Å². The molecule has 1 aromatic heterocycles. The fraction of sp³-hybridized carbons (Fsp3) is 0.391. The molecule has 29 heavy (non-hydrogen) atoms. The van der Waals surface area contributed by atoms with Crippen molar-refractivity contribution in [3.8, 4) is 0 Å². The molecule has 1 unspecified atom stereocenters. The van der Waals surface area contributed by atoms with Gasteiger partial charge in [-0.25, -0.2) is 8.42 Å². The largest absolute Gasteiger partial charge is 0.373 e. The molecule has 0 aliphatic carbocycles. The minimum atomic E-state index is -2.53. The van der Waals surface area contributed by atoms with Crippen molar-refractivity contribution in [1.29, 1.82) is 0 Å². The average molecular weight is 415 g/mol. The number of aromatic nitrogens is 1. The van der Waals surface area contributed by atoms with Gasteiger partial charge in [0.2, 0.25) is 0 Å². The van der Waals surface area contributed by atoms with Crippen LogP contribution in [-0.2, 0) is 28.9 Å². The first-order chi connectivity index (χ1) is 14.0. The average Bonchev–Trinajstić information content (AvgIpc) is 3.04. The molecular weight excluding hydrogens is 384 g/mol. The summed E-state index contributed by atoms with van der Waals surface area (Å²) in [5, 5.41) is 1.23. The van der Waals surface area contributed by atoms with Gasteiger partial charge in [-0.3, -0.25) is 0 Å². The quantitative estimate of drug-likeness (QED) is 0.405. The molecule has 0 saturated carbocycles. The Bertz CT molecular complexity index is 999. The molecule has 6 heteroatoms. The molecule has 0 saturated heterocycles. The zero-order valence-corrected chi connectivity index (χ0v) is 18.3. The summed E-state index contributed by atoms with van der Waals surface area (Å²) in [6.45, 7) is 1.71. The number of aryl methyl sites for hydroxylation is 2. The first-order valence-electron chi connectivity index (χ1n) is 9.99. The number of hydrogen-bond acceptors (Lipinski definition) is 4. The third kappa shape index (κ3) is 5.69. The molecule has 0 aliphatic rings. The number of fused-ring (bicyclic) bond motifs is 1. The van der Waals surface area contributed by atoms with Crippen LogP contribution in [0.15, 0.2) is 59.6 Å². The summed E-state index contributed by atoms with van der Waals surface area (Å²) in [7, 11) is 3.68. The van der Waals surface area contributed by atoms with Crippen LogP contribution in [0.1, 0.15) is 30.1 Å². The molecule has 1 heterocycles. The number of thiol groups is 1. The Morgan fingerprint density at radius 3 is 2.48 bits per heavy atom. The van der Waals surface area contributed by atoms with E-state index in [-0.39, 0.29) is 6.10 Å². The standard InChI is InChI=1S/C23H30N2O3S/c1-24(2)15-6-16-28-23(14-11-18-9-12-19(13-10-18)29(26)27)21-17-25(3)22-8-5-4-7-20(21)22/h4-5,7-10,12-13,17,23,29H,6,11,14-16H2,1-3H3. The van der Waals surface area contributed by atoms with E-state index in [0.717, 1.165) is 31.4 Å². The number of nitrogens with zero attached hydrogens (tertiary/aromatic N) is 2. The Morgan fingerprint density at radius 1 is 1.07 bits per heavy atom. The summed E-state index contributed by atoms with van der Waals surface area (Å²) in [5.41, 5.74) is 3.54. The van der Waals surface area contributed by atoms with Crippen molar-refractivity contribution in [2.24, 2.45) is 7.05 Å². The maximum absolute atomic E-state index is 11.1. The van der Waals surface area contributed by atoms with Crippen molar-refractivity contribution in [2.45, 2.75) is 30.3 Å². The first-order valence-corrected chi connectivity index (χ1v) is 11.2. The van der Waals surface area contributed by atoms with Crippen LogP contribution in [0.5, 0.6) is 0 Å². The van der Waals surface area contributed by atoms with Crippen LogP contribution in [0.25, 0.3) is 10.9 Å². The fourth-order valence-corrected chi connectivity index (χ4v) is 4.04. The molecular formula is C23H30N2O3S. The van der Waals surface area contributed by atoms with Gasteiger partial charge in [0.1, 0.15) is 0 Å². The number of rotatable bonds is 10. The number of benzene rings is 2. The summed E-state index contributed by atoms with van der Waals surface area (Å²) in [6, 6.07) is 15.5. The van der Waals surface area contributed by atoms with Gasteiger partial charge in [-0.15, -0.1) is 0 Å². The Hall–Kier alpha value is -2.15. The lowest BCUT2D eigenvalue weighted by atomic mass is 10.0. The Morgan fingerprint density at radius 2 is 1.79 bits per heavy atom. The lowest BCUT2D eigenvalue weighted by molar-refractivity contribution is 0.0433. The molecule has 3 rings (SSSR count). The SMILES string of the molecule is CN(C)CCCOC(CCc1ccc([SH](=O)=O)cc1)c1cn(C)c2ccccc12. The van der Waals surface area contributed by atoms with E-state index in [1.165, 1.54) is 16.5 Å². The van der Waals surface area contributed by atoms with E-state index in [9.17, 15) is 8.42 Å². The summed E-state index contributed by atoms with van der Waals surface area (Å²) in [4.78, 5) is 2.52. The van der Waals surface area contributed by atoms with E-state index < -0.39 is 10.7 Å². The van der Waals surface area contributed by atoms with E-state index in [0.29, 0.717) is 11.5 Å². The van der Waals surface area contributed by atoms with Crippen LogP contribution < -0.4 is 0 Å². The van der Waals surface area contributed by atoms with Gasteiger partial charge in [-0.05, 0) is 63.7 Å². The van der Waals surface area contributed by atoms with Gasteiger partial charge >= 0.3 is 0 Å². The van der Waals surface area contributed by atoms with E-state index in [4.69, 9.17) is 4.74 Å². The Labute approximate surface area is 174 Å². The number of para-hydroxylation sites is 1. The summed E-state index contributed by atoms with van der Waals surface area (Å²) in [6.07, 6.45) is 4.83. The normalized spacial score (nSPS) is 12.9. The second kappa shape index (κ2) is 10.1. The third-order valence-corrected chi connectivity index (χ3v) is 5.91. The highest BCUT2D eigenvalue weighted by Gasteiger charge is 2.18. The van der Waals surface area contributed by atoms with Crippen molar-refractivity contribution in [2.75, 3.05) is 27.2 Å². The molecule has 2 aromatic carbocycles. The van der Waals surface area contributed by atoms with Crippen molar-refractivity contribution in [3.05, 3.63) is 65.9 Å². The Kier molecular flexibility index (Phi) is 7.47. The van der Waals surface area contributed by atoms with Gasteiger partial charge in [0.15, 0.2) is 10.7 Å².